The van der Waals surface area contributed by atoms with Crippen LogP contribution in [-0.4, -0.2) is 57.3 Å². The van der Waals surface area contributed by atoms with Gasteiger partial charge < -0.3 is 14.8 Å². The van der Waals surface area contributed by atoms with E-state index >= 15 is 0 Å². The molecule has 1 fully saturated rings. The summed E-state index contributed by atoms with van der Waals surface area (Å²) in [5.41, 5.74) is 1.54. The molecule has 4 rings (SSSR count). The lowest BCUT2D eigenvalue weighted by molar-refractivity contribution is 0.142. The molecule has 156 valence electrons. The van der Waals surface area contributed by atoms with E-state index in [-0.39, 0.29) is 11.7 Å². The van der Waals surface area contributed by atoms with Crippen LogP contribution in [0, 0.1) is 5.82 Å². The number of cyclic esters (lactones) is 1. The number of carbonyl (C=O) groups excluding carboxylic acids is 1. The molecular formula is C18H17FN6O3S2. The van der Waals surface area contributed by atoms with Gasteiger partial charge in [0, 0.05) is 10.9 Å². The molecule has 0 aliphatic carbocycles. The highest BCUT2D eigenvalue weighted by Gasteiger charge is 2.32. The minimum absolute atomic E-state index is 0.214. The number of aromatic nitrogens is 4. The van der Waals surface area contributed by atoms with Crippen LogP contribution < -0.4 is 10.2 Å². The summed E-state index contributed by atoms with van der Waals surface area (Å²) in [6.07, 6.45) is 2.07. The van der Waals surface area contributed by atoms with Gasteiger partial charge in [-0.3, -0.25) is 4.90 Å². The first kappa shape index (κ1) is 20.2. The molecule has 1 N–H and O–H groups in total. The number of carbonyl (C=O) groups is 1. The molecular weight excluding hydrogens is 431 g/mol. The van der Waals surface area contributed by atoms with Crippen molar-refractivity contribution in [3.05, 3.63) is 47.7 Å². The number of benzene rings is 1. The third kappa shape index (κ3) is 4.39. The second-order valence-corrected chi connectivity index (χ2v) is 7.62. The van der Waals surface area contributed by atoms with Crippen LogP contribution in [0.2, 0.25) is 0 Å². The predicted molar refractivity (Wildman–Crippen MR) is 112 cm³/mol. The number of thiazole rings is 1. The molecule has 0 spiro atoms. The zero-order valence-electron chi connectivity index (χ0n) is 15.8. The van der Waals surface area contributed by atoms with E-state index in [4.69, 9.17) is 21.7 Å². The molecule has 0 saturated carbocycles. The van der Waals surface area contributed by atoms with Crippen LogP contribution in [0.3, 0.4) is 0 Å². The number of methoxy groups -OCH3 is 1. The number of hydrogen-bond donors (Lipinski definition) is 1. The van der Waals surface area contributed by atoms with Gasteiger partial charge in [-0.1, -0.05) is 0 Å². The number of anilines is 1. The number of ether oxygens (including phenoxy) is 2. The molecule has 2 aromatic heterocycles. The van der Waals surface area contributed by atoms with Gasteiger partial charge in [-0.15, -0.1) is 11.3 Å². The third-order valence-corrected chi connectivity index (χ3v) is 5.61. The van der Waals surface area contributed by atoms with E-state index < -0.39 is 18.0 Å². The Kier molecular flexibility index (Phi) is 5.86. The van der Waals surface area contributed by atoms with Crippen molar-refractivity contribution < 1.29 is 18.7 Å². The summed E-state index contributed by atoms with van der Waals surface area (Å²) in [5.74, 6) is -0.468. The van der Waals surface area contributed by atoms with Crippen molar-refractivity contribution in [1.82, 2.24) is 25.1 Å². The molecule has 9 nitrogen and oxygen atoms in total. The van der Waals surface area contributed by atoms with Gasteiger partial charge in [0.2, 0.25) is 0 Å². The largest absolute Gasteiger partial charge is 0.474 e. The van der Waals surface area contributed by atoms with Gasteiger partial charge in [0.25, 0.3) is 5.17 Å². The number of thiocarbonyl (C=S) groups is 1. The summed E-state index contributed by atoms with van der Waals surface area (Å²) in [5, 5.41) is 9.49. The molecule has 3 heterocycles. The first-order valence-electron chi connectivity index (χ1n) is 8.90. The van der Waals surface area contributed by atoms with Gasteiger partial charge in [0.05, 0.1) is 38.1 Å². The average Bonchev–Trinajstić information content (AvgIpc) is 3.48. The van der Waals surface area contributed by atoms with Crippen LogP contribution in [0.1, 0.15) is 5.69 Å². The molecule has 1 aromatic carbocycles. The van der Waals surface area contributed by atoms with Crippen molar-refractivity contribution in [2.24, 2.45) is 0 Å². The Morgan fingerprint density at radius 3 is 3.10 bits per heavy atom. The van der Waals surface area contributed by atoms with Gasteiger partial charge in [0.15, 0.2) is 0 Å². The number of rotatable bonds is 6. The molecule has 30 heavy (non-hydrogen) atoms. The first-order chi connectivity index (χ1) is 14.5. The Balaban J connectivity index is 1.45. The lowest BCUT2D eigenvalue weighted by Crippen LogP contribution is -2.34. The fraction of sp³-hybridized carbons (Fsp3) is 0.278. The summed E-state index contributed by atoms with van der Waals surface area (Å²) in [7, 11) is 1.45. The number of nitrogens with zero attached hydrogens (tertiary/aromatic N) is 5. The summed E-state index contributed by atoms with van der Waals surface area (Å²) < 4.78 is 26.6. The van der Waals surface area contributed by atoms with E-state index in [9.17, 15) is 9.18 Å². The quantitative estimate of drug-likeness (QED) is 0.575. The fourth-order valence-electron chi connectivity index (χ4n) is 2.94. The second-order valence-electron chi connectivity index (χ2n) is 6.39. The van der Waals surface area contributed by atoms with E-state index in [2.05, 4.69) is 20.4 Å². The summed E-state index contributed by atoms with van der Waals surface area (Å²) in [4.78, 5) is 21.9. The van der Waals surface area contributed by atoms with Gasteiger partial charge >= 0.3 is 6.09 Å². The van der Waals surface area contributed by atoms with Gasteiger partial charge in [-0.05, 0) is 30.4 Å². The topological polar surface area (TPSA) is 94.4 Å². The van der Waals surface area contributed by atoms with Crippen molar-refractivity contribution in [1.29, 1.82) is 0 Å². The Bertz CT molecular complexity index is 1060. The van der Waals surface area contributed by atoms with Crippen LogP contribution >= 0.6 is 23.6 Å². The Hall–Kier alpha value is -3.12. The molecule has 1 atom stereocenters. The van der Waals surface area contributed by atoms with E-state index in [1.54, 1.807) is 23.1 Å². The normalized spacial score (nSPS) is 15.9. The summed E-state index contributed by atoms with van der Waals surface area (Å²) >= 11 is 6.24. The van der Waals surface area contributed by atoms with Gasteiger partial charge in [-0.2, -0.15) is 5.10 Å². The third-order valence-electron chi connectivity index (χ3n) is 4.37. The fourth-order valence-corrected chi connectivity index (χ4v) is 3.86. The Labute approximate surface area is 180 Å². The Morgan fingerprint density at radius 1 is 1.50 bits per heavy atom. The van der Waals surface area contributed by atoms with Crippen molar-refractivity contribution in [3.8, 4) is 10.6 Å². The SMILES string of the molecule is COC(=S)NC[C@H]1CN(c2ccc(-c3nc(Cn4cncn4)cs3)c(F)c2)C(=O)O1. The molecule has 1 amide bonds. The van der Waals surface area contributed by atoms with Crippen molar-refractivity contribution in [2.45, 2.75) is 12.6 Å². The van der Waals surface area contributed by atoms with Crippen molar-refractivity contribution >= 4 is 40.5 Å². The van der Waals surface area contributed by atoms with Crippen molar-refractivity contribution in [3.63, 3.8) is 0 Å². The van der Waals surface area contributed by atoms with E-state index in [1.807, 2.05) is 5.38 Å². The van der Waals surface area contributed by atoms with Crippen LogP contribution in [0.15, 0.2) is 36.2 Å². The second kappa shape index (κ2) is 8.71. The smallest absolute Gasteiger partial charge is 0.414 e. The summed E-state index contributed by atoms with van der Waals surface area (Å²) in [6.45, 7) is 1.04. The monoisotopic (exact) mass is 448 g/mol. The maximum atomic E-state index is 14.8. The highest BCUT2D eigenvalue weighted by Crippen LogP contribution is 2.31. The summed E-state index contributed by atoms with van der Waals surface area (Å²) in [6, 6.07) is 4.60. The molecule has 1 aliphatic rings. The number of hydrogen-bond acceptors (Lipinski definition) is 8. The first-order valence-corrected chi connectivity index (χ1v) is 10.2. The van der Waals surface area contributed by atoms with E-state index in [0.29, 0.717) is 29.3 Å². The van der Waals surface area contributed by atoms with Gasteiger partial charge in [-0.25, -0.2) is 23.8 Å². The minimum Gasteiger partial charge on any atom is -0.474 e. The maximum absolute atomic E-state index is 14.8. The maximum Gasteiger partial charge on any atom is 0.414 e. The molecule has 0 unspecified atom stereocenters. The van der Waals surface area contributed by atoms with Crippen LogP contribution in [-0.2, 0) is 16.0 Å². The standard InChI is InChI=1S/C18H17FN6O3S2/c1-27-17(29)21-5-13-7-25(18(26)28-13)12-2-3-14(15(19)4-12)16-23-11(8-30-16)6-24-10-20-9-22-24/h2-4,8-10,13H,5-7H2,1H3,(H,21,29)/t13-/m0/s1. The molecule has 1 saturated heterocycles. The molecule has 12 heteroatoms. The van der Waals surface area contributed by atoms with Crippen molar-refractivity contribution in [2.75, 3.05) is 25.1 Å². The average molecular weight is 449 g/mol. The molecule has 1 aliphatic heterocycles. The molecule has 0 radical (unpaired) electrons. The Morgan fingerprint density at radius 2 is 2.37 bits per heavy atom. The molecule has 3 aromatic rings. The predicted octanol–water partition coefficient (Wildman–Crippen LogP) is 2.44. The van der Waals surface area contributed by atoms with E-state index in [1.165, 1.54) is 35.7 Å². The highest BCUT2D eigenvalue weighted by atomic mass is 32.1. The van der Waals surface area contributed by atoms with E-state index in [0.717, 1.165) is 5.69 Å². The van der Waals surface area contributed by atoms with Crippen LogP contribution in [0.25, 0.3) is 10.6 Å². The van der Waals surface area contributed by atoms with Gasteiger partial charge in [0.1, 0.15) is 29.6 Å². The zero-order valence-corrected chi connectivity index (χ0v) is 17.5. The lowest BCUT2D eigenvalue weighted by Gasteiger charge is -2.14. The minimum atomic E-state index is -0.540. The lowest BCUT2D eigenvalue weighted by atomic mass is 10.2. The van der Waals surface area contributed by atoms with Crippen LogP contribution in [0.4, 0.5) is 14.9 Å². The van der Waals surface area contributed by atoms with Crippen LogP contribution in [0.5, 0.6) is 0 Å². The number of amides is 1. The number of nitrogens with one attached hydrogen (secondary N) is 1. The zero-order chi connectivity index (χ0) is 21.1. The molecule has 0 bridgehead atoms. The number of halogens is 1. The highest BCUT2D eigenvalue weighted by molar-refractivity contribution is 7.80.